The fourth-order valence-electron chi connectivity index (χ4n) is 7.69. The molecule has 1 unspecified atom stereocenters. The Kier molecular flexibility index (Phi) is 54.4. The number of hydrogen-bond acceptors (Lipinski definition) is 6. The van der Waals surface area contributed by atoms with Crippen LogP contribution in [0.5, 0.6) is 0 Å². The summed E-state index contributed by atoms with van der Waals surface area (Å²) < 4.78 is 16.7. The monoisotopic (exact) mass is 971 g/mol. The lowest BCUT2D eigenvalue weighted by atomic mass is 10.1. The van der Waals surface area contributed by atoms with Crippen molar-refractivity contribution in [3.05, 3.63) is 109 Å². The van der Waals surface area contributed by atoms with Crippen LogP contribution in [0.4, 0.5) is 0 Å². The molecule has 398 valence electrons. The van der Waals surface area contributed by atoms with Crippen LogP contribution in [0.3, 0.4) is 0 Å². The van der Waals surface area contributed by atoms with Crippen molar-refractivity contribution >= 4 is 17.9 Å². The number of carbonyl (C=O) groups excluding carboxylic acids is 3. The maximum Gasteiger partial charge on any atom is 0.306 e. The lowest BCUT2D eigenvalue weighted by Gasteiger charge is -2.18. The van der Waals surface area contributed by atoms with Gasteiger partial charge in [-0.3, -0.25) is 14.4 Å². The fraction of sp³-hybridized carbons (Fsp3) is 0.672. The standard InChI is InChI=1S/C64H106O6/c1-4-7-10-13-16-18-20-22-24-26-28-30-32-34-36-38-40-42-44-46-48-51-54-57-63(66)69-60-61(59-68-62(65)56-53-50-15-12-9-6-3)70-64(67)58-55-52-49-47-45-43-41-39-37-35-33-31-29-27-25-23-21-19-17-14-11-8-5-2/h7,10,16,18,21-24,27-30,33-36,40,42,61H,4-6,8-9,11-15,17,19-20,25-26,31-32,37-39,41,43-60H2,1-3H3/b10-7-,18-16-,23-21-,24-22-,29-27-,30-28-,35-33-,36-34-,42-40-. The summed E-state index contributed by atoms with van der Waals surface area (Å²) in [6.45, 7) is 6.42. The Balaban J connectivity index is 4.25. The minimum atomic E-state index is -0.792. The quantitative estimate of drug-likeness (QED) is 0.0262. The zero-order chi connectivity index (χ0) is 50.7. The Hall–Kier alpha value is -3.93. The third-order valence-corrected chi connectivity index (χ3v) is 12.0. The van der Waals surface area contributed by atoms with E-state index in [1.54, 1.807) is 0 Å². The van der Waals surface area contributed by atoms with E-state index in [-0.39, 0.29) is 31.1 Å². The average molecular weight is 972 g/mol. The van der Waals surface area contributed by atoms with E-state index >= 15 is 0 Å². The van der Waals surface area contributed by atoms with Crippen molar-refractivity contribution in [3.63, 3.8) is 0 Å². The topological polar surface area (TPSA) is 78.9 Å². The molecule has 0 bridgehead atoms. The number of esters is 3. The molecule has 0 spiro atoms. The third-order valence-electron chi connectivity index (χ3n) is 12.0. The Bertz CT molecular complexity index is 1440. The lowest BCUT2D eigenvalue weighted by molar-refractivity contribution is -0.167. The van der Waals surface area contributed by atoms with Crippen LogP contribution in [0, 0.1) is 0 Å². The van der Waals surface area contributed by atoms with Crippen LogP contribution in [0.2, 0.25) is 0 Å². The van der Waals surface area contributed by atoms with Crippen LogP contribution in [-0.2, 0) is 28.6 Å². The van der Waals surface area contributed by atoms with Crippen molar-refractivity contribution in [2.75, 3.05) is 13.2 Å². The van der Waals surface area contributed by atoms with Crippen molar-refractivity contribution < 1.29 is 28.6 Å². The number of hydrogen-bond donors (Lipinski definition) is 0. The molecule has 0 aliphatic carbocycles. The van der Waals surface area contributed by atoms with E-state index < -0.39 is 6.10 Å². The van der Waals surface area contributed by atoms with E-state index in [1.807, 2.05) is 0 Å². The molecule has 0 saturated heterocycles. The van der Waals surface area contributed by atoms with Crippen molar-refractivity contribution in [2.45, 2.75) is 264 Å². The predicted octanol–water partition coefficient (Wildman–Crippen LogP) is 19.5. The Morgan fingerprint density at radius 1 is 0.300 bits per heavy atom. The summed E-state index contributed by atoms with van der Waals surface area (Å²) in [6.07, 6.45) is 78.2. The highest BCUT2D eigenvalue weighted by Gasteiger charge is 2.19. The highest BCUT2D eigenvalue weighted by molar-refractivity contribution is 5.71. The molecule has 0 saturated carbocycles. The fourth-order valence-corrected chi connectivity index (χ4v) is 7.69. The molecule has 6 heteroatoms. The molecule has 0 N–H and O–H groups in total. The second-order valence-electron chi connectivity index (χ2n) is 18.8. The predicted molar refractivity (Wildman–Crippen MR) is 302 cm³/mol. The second-order valence-corrected chi connectivity index (χ2v) is 18.8. The molecule has 0 aliphatic heterocycles. The maximum absolute atomic E-state index is 12.8. The van der Waals surface area contributed by atoms with Gasteiger partial charge in [0, 0.05) is 19.3 Å². The first kappa shape index (κ1) is 66.1. The molecule has 0 rings (SSSR count). The molecular weight excluding hydrogens is 865 g/mol. The van der Waals surface area contributed by atoms with Gasteiger partial charge in [0.15, 0.2) is 6.10 Å². The molecule has 0 fully saturated rings. The summed E-state index contributed by atoms with van der Waals surface area (Å²) in [5.74, 6) is -0.935. The molecule has 0 heterocycles. The Morgan fingerprint density at radius 2 is 0.557 bits per heavy atom. The normalized spacial score (nSPS) is 12.9. The second kappa shape index (κ2) is 57.6. The Morgan fingerprint density at radius 3 is 0.871 bits per heavy atom. The zero-order valence-corrected chi connectivity index (χ0v) is 45.5. The molecule has 0 aromatic carbocycles. The van der Waals surface area contributed by atoms with Gasteiger partial charge in [-0.1, -0.05) is 239 Å². The highest BCUT2D eigenvalue weighted by atomic mass is 16.6. The molecule has 0 amide bonds. The van der Waals surface area contributed by atoms with E-state index in [9.17, 15) is 14.4 Å². The minimum Gasteiger partial charge on any atom is -0.462 e. The molecule has 0 radical (unpaired) electrons. The molecule has 70 heavy (non-hydrogen) atoms. The number of ether oxygens (including phenoxy) is 3. The van der Waals surface area contributed by atoms with Gasteiger partial charge in [0.25, 0.3) is 0 Å². The summed E-state index contributed by atoms with van der Waals surface area (Å²) in [4.78, 5) is 37.9. The first-order chi connectivity index (χ1) is 34.5. The number of allylic oxidation sites excluding steroid dienone is 18. The van der Waals surface area contributed by atoms with Crippen LogP contribution in [-0.4, -0.2) is 37.2 Å². The summed E-state index contributed by atoms with van der Waals surface area (Å²) in [5.41, 5.74) is 0. The maximum atomic E-state index is 12.8. The van der Waals surface area contributed by atoms with Crippen LogP contribution in [0.15, 0.2) is 109 Å². The van der Waals surface area contributed by atoms with Gasteiger partial charge < -0.3 is 14.2 Å². The number of unbranched alkanes of at least 4 members (excludes halogenated alkanes) is 22. The van der Waals surface area contributed by atoms with Crippen molar-refractivity contribution in [1.82, 2.24) is 0 Å². The SMILES string of the molecule is CC/C=C\C/C=C\C/C=C\C/C=C\C/C=C\C/C=C\CCCCCCC(=O)OCC(COC(=O)CCCCCCCC)OC(=O)CCCCCCCCCC/C=C\C/C=C\C/C=C\CCCCCCC. The molecule has 1 atom stereocenters. The van der Waals surface area contributed by atoms with Crippen molar-refractivity contribution in [1.29, 1.82) is 0 Å². The zero-order valence-electron chi connectivity index (χ0n) is 45.5. The molecule has 0 aromatic rings. The smallest absolute Gasteiger partial charge is 0.306 e. The first-order valence-corrected chi connectivity index (χ1v) is 28.9. The number of carbonyl (C=O) groups is 3. The van der Waals surface area contributed by atoms with E-state index in [0.717, 1.165) is 128 Å². The van der Waals surface area contributed by atoms with Gasteiger partial charge in [-0.05, 0) is 109 Å². The van der Waals surface area contributed by atoms with Gasteiger partial charge in [-0.25, -0.2) is 0 Å². The molecule has 0 aromatic heterocycles. The summed E-state index contributed by atoms with van der Waals surface area (Å²) >= 11 is 0. The highest BCUT2D eigenvalue weighted by Crippen LogP contribution is 2.14. The van der Waals surface area contributed by atoms with Gasteiger partial charge in [0.05, 0.1) is 0 Å². The third kappa shape index (κ3) is 55.0. The minimum absolute atomic E-state index is 0.0909. The summed E-state index contributed by atoms with van der Waals surface area (Å²) in [7, 11) is 0. The lowest BCUT2D eigenvalue weighted by Crippen LogP contribution is -2.30. The van der Waals surface area contributed by atoms with Gasteiger partial charge in [-0.2, -0.15) is 0 Å². The van der Waals surface area contributed by atoms with E-state index in [1.165, 1.54) is 89.9 Å². The van der Waals surface area contributed by atoms with Gasteiger partial charge in [-0.15, -0.1) is 0 Å². The summed E-state index contributed by atoms with van der Waals surface area (Å²) in [5, 5.41) is 0. The first-order valence-electron chi connectivity index (χ1n) is 28.9. The molecular formula is C64H106O6. The largest absolute Gasteiger partial charge is 0.462 e. The van der Waals surface area contributed by atoms with E-state index in [4.69, 9.17) is 14.2 Å². The van der Waals surface area contributed by atoms with Crippen LogP contribution >= 0.6 is 0 Å². The van der Waals surface area contributed by atoms with Gasteiger partial charge >= 0.3 is 17.9 Å². The van der Waals surface area contributed by atoms with Crippen molar-refractivity contribution in [2.24, 2.45) is 0 Å². The average Bonchev–Trinajstić information content (AvgIpc) is 3.36. The van der Waals surface area contributed by atoms with E-state index in [2.05, 4.69) is 130 Å². The van der Waals surface area contributed by atoms with E-state index in [0.29, 0.717) is 19.3 Å². The van der Waals surface area contributed by atoms with Crippen molar-refractivity contribution in [3.8, 4) is 0 Å². The van der Waals surface area contributed by atoms with Crippen LogP contribution < -0.4 is 0 Å². The Labute approximate surface area is 431 Å². The molecule has 6 nitrogen and oxygen atoms in total. The van der Waals surface area contributed by atoms with Crippen LogP contribution in [0.25, 0.3) is 0 Å². The van der Waals surface area contributed by atoms with Gasteiger partial charge in [0.2, 0.25) is 0 Å². The number of rotatable bonds is 51. The molecule has 0 aliphatic rings. The van der Waals surface area contributed by atoms with Crippen LogP contribution in [0.1, 0.15) is 258 Å². The van der Waals surface area contributed by atoms with Gasteiger partial charge in [0.1, 0.15) is 13.2 Å². The summed E-state index contributed by atoms with van der Waals surface area (Å²) in [6, 6.07) is 0.